The summed E-state index contributed by atoms with van der Waals surface area (Å²) in [5.74, 6) is -0.459. The Kier molecular flexibility index (Phi) is 7.93. The number of halogens is 1. The summed E-state index contributed by atoms with van der Waals surface area (Å²) in [5.41, 5.74) is 2.11. The first-order valence-electron chi connectivity index (χ1n) is 11.3. The predicted molar refractivity (Wildman–Crippen MR) is 138 cm³/mol. The van der Waals surface area contributed by atoms with Crippen molar-refractivity contribution < 1.29 is 22.7 Å². The van der Waals surface area contributed by atoms with Gasteiger partial charge >= 0.3 is 0 Å². The maximum Gasteiger partial charge on any atom is 0.263 e. The summed E-state index contributed by atoms with van der Waals surface area (Å²) in [6.45, 7) is -0.115. The number of sulfonamides is 1. The molecule has 4 rings (SSSR count). The van der Waals surface area contributed by atoms with E-state index in [1.807, 2.05) is 30.3 Å². The number of rotatable bonds is 8. The zero-order valence-corrected chi connectivity index (χ0v) is 21.2. The smallest absolute Gasteiger partial charge is 0.263 e. The minimum atomic E-state index is -3.71. The van der Waals surface area contributed by atoms with Crippen LogP contribution in [0.4, 0.5) is 5.69 Å². The first-order valence-corrected chi connectivity index (χ1v) is 13.5. The van der Waals surface area contributed by atoms with E-state index >= 15 is 0 Å². The van der Waals surface area contributed by atoms with E-state index in [-0.39, 0.29) is 19.0 Å². The minimum Gasteiger partial charge on any atom is -0.477 e. The summed E-state index contributed by atoms with van der Waals surface area (Å²) in [4.78, 5) is 27.7. The SMILES string of the molecule is CS(=O)(=O)N(CC(=O)N1C[C@@H](C(=O)NCc2ccccc2)Oc2ccccc21)Cc1ccc(Cl)cc1. The third-order valence-corrected chi connectivity index (χ3v) is 7.18. The largest absolute Gasteiger partial charge is 0.477 e. The standard InChI is InChI=1S/C26H26ClN3O5S/c1-36(33,34)29(16-20-11-13-21(27)14-12-20)18-25(31)30-17-24(35-23-10-6-5-9-22(23)30)26(32)28-15-19-7-3-2-4-8-19/h2-14,24H,15-18H2,1H3,(H,28,32)/t24-/m0/s1. The summed E-state index contributed by atoms with van der Waals surface area (Å²) in [5, 5.41) is 3.37. The Balaban J connectivity index is 1.51. The molecule has 1 aliphatic heterocycles. The van der Waals surface area contributed by atoms with Crippen LogP contribution in [0.1, 0.15) is 11.1 Å². The van der Waals surface area contributed by atoms with Crippen LogP contribution in [-0.2, 0) is 32.7 Å². The maximum atomic E-state index is 13.4. The van der Waals surface area contributed by atoms with Crippen LogP contribution >= 0.6 is 11.6 Å². The Morgan fingerprint density at radius 3 is 2.36 bits per heavy atom. The van der Waals surface area contributed by atoms with E-state index in [0.29, 0.717) is 28.6 Å². The Morgan fingerprint density at radius 1 is 1.00 bits per heavy atom. The molecular formula is C26H26ClN3O5S. The van der Waals surface area contributed by atoms with Crippen molar-refractivity contribution in [1.82, 2.24) is 9.62 Å². The highest BCUT2D eigenvalue weighted by Gasteiger charge is 2.35. The molecule has 36 heavy (non-hydrogen) atoms. The van der Waals surface area contributed by atoms with Crippen LogP contribution in [0.5, 0.6) is 5.75 Å². The number of hydrogen-bond donors (Lipinski definition) is 1. The molecule has 8 nitrogen and oxygen atoms in total. The van der Waals surface area contributed by atoms with Gasteiger partial charge in [-0.25, -0.2) is 8.42 Å². The molecule has 0 bridgehead atoms. The molecule has 0 saturated heterocycles. The summed E-state index contributed by atoms with van der Waals surface area (Å²) in [7, 11) is -3.71. The second-order valence-corrected chi connectivity index (χ2v) is 10.9. The first-order chi connectivity index (χ1) is 17.2. The number of anilines is 1. The van der Waals surface area contributed by atoms with Crippen molar-refractivity contribution in [3.8, 4) is 5.75 Å². The Bertz CT molecular complexity index is 1330. The summed E-state index contributed by atoms with van der Waals surface area (Å²) in [6.07, 6.45) is 0.110. The van der Waals surface area contributed by atoms with Gasteiger partial charge in [0.1, 0.15) is 5.75 Å². The third-order valence-electron chi connectivity index (χ3n) is 5.73. The van der Waals surface area contributed by atoms with Gasteiger partial charge in [-0.2, -0.15) is 4.31 Å². The van der Waals surface area contributed by atoms with Gasteiger partial charge in [-0.05, 0) is 35.4 Å². The normalized spacial score (nSPS) is 15.2. The quantitative estimate of drug-likeness (QED) is 0.485. The molecular weight excluding hydrogens is 502 g/mol. The van der Waals surface area contributed by atoms with Crippen LogP contribution < -0.4 is 15.0 Å². The van der Waals surface area contributed by atoms with Crippen LogP contribution in [0.15, 0.2) is 78.9 Å². The second kappa shape index (κ2) is 11.1. The number of amides is 2. The molecule has 0 fully saturated rings. The number of para-hydroxylation sites is 2. The molecule has 0 spiro atoms. The van der Waals surface area contributed by atoms with E-state index in [0.717, 1.165) is 16.1 Å². The van der Waals surface area contributed by atoms with E-state index in [1.165, 1.54) is 4.90 Å². The average molecular weight is 528 g/mol. The Hall–Kier alpha value is -3.40. The van der Waals surface area contributed by atoms with Gasteiger partial charge in [0, 0.05) is 18.1 Å². The predicted octanol–water partition coefficient (Wildman–Crippen LogP) is 3.21. The van der Waals surface area contributed by atoms with Crippen molar-refractivity contribution in [2.24, 2.45) is 0 Å². The van der Waals surface area contributed by atoms with E-state index < -0.39 is 28.6 Å². The van der Waals surface area contributed by atoms with Crippen molar-refractivity contribution in [2.75, 3.05) is 24.2 Å². The molecule has 188 valence electrons. The Labute approximate surface area is 215 Å². The number of nitrogens with zero attached hydrogens (tertiary/aromatic N) is 2. The molecule has 1 aliphatic rings. The van der Waals surface area contributed by atoms with Crippen LogP contribution in [-0.4, -0.2) is 50.0 Å². The van der Waals surface area contributed by atoms with Gasteiger partial charge in [-0.15, -0.1) is 0 Å². The number of carbonyl (C=O) groups excluding carboxylic acids is 2. The van der Waals surface area contributed by atoms with Crippen LogP contribution in [0.25, 0.3) is 0 Å². The summed E-state index contributed by atoms with van der Waals surface area (Å²) >= 11 is 5.93. The fourth-order valence-electron chi connectivity index (χ4n) is 3.83. The number of ether oxygens (including phenoxy) is 1. The van der Waals surface area contributed by atoms with Gasteiger partial charge in [-0.1, -0.05) is 66.2 Å². The van der Waals surface area contributed by atoms with Crippen LogP contribution in [0.2, 0.25) is 5.02 Å². The molecule has 1 heterocycles. The lowest BCUT2D eigenvalue weighted by Crippen LogP contribution is -2.52. The van der Waals surface area contributed by atoms with Crippen molar-refractivity contribution in [3.05, 3.63) is 95.0 Å². The van der Waals surface area contributed by atoms with E-state index in [1.54, 1.807) is 48.5 Å². The van der Waals surface area contributed by atoms with Gasteiger partial charge in [0.25, 0.3) is 5.91 Å². The van der Waals surface area contributed by atoms with Gasteiger partial charge in [0.2, 0.25) is 15.9 Å². The van der Waals surface area contributed by atoms with Crippen molar-refractivity contribution in [3.63, 3.8) is 0 Å². The van der Waals surface area contributed by atoms with E-state index in [2.05, 4.69) is 5.32 Å². The maximum absolute atomic E-state index is 13.4. The average Bonchev–Trinajstić information content (AvgIpc) is 2.87. The number of nitrogens with one attached hydrogen (secondary N) is 1. The van der Waals surface area contributed by atoms with E-state index in [4.69, 9.17) is 16.3 Å². The molecule has 0 radical (unpaired) electrons. The fraction of sp³-hybridized carbons (Fsp3) is 0.231. The number of benzene rings is 3. The third kappa shape index (κ3) is 6.42. The van der Waals surface area contributed by atoms with Crippen LogP contribution in [0, 0.1) is 0 Å². The first kappa shape index (κ1) is 25.7. The van der Waals surface area contributed by atoms with Gasteiger partial charge in [0.05, 0.1) is 25.0 Å². The zero-order chi connectivity index (χ0) is 25.7. The van der Waals surface area contributed by atoms with Crippen LogP contribution in [0.3, 0.4) is 0 Å². The molecule has 1 atom stereocenters. The zero-order valence-electron chi connectivity index (χ0n) is 19.6. The Morgan fingerprint density at radius 2 is 1.67 bits per heavy atom. The second-order valence-electron chi connectivity index (χ2n) is 8.44. The highest BCUT2D eigenvalue weighted by Crippen LogP contribution is 2.33. The molecule has 10 heteroatoms. The highest BCUT2D eigenvalue weighted by atomic mass is 35.5. The summed E-state index contributed by atoms with van der Waals surface area (Å²) in [6, 6.07) is 23.1. The topological polar surface area (TPSA) is 96.0 Å². The molecule has 3 aromatic rings. The molecule has 1 N–H and O–H groups in total. The van der Waals surface area contributed by atoms with Gasteiger partial charge in [0.15, 0.2) is 6.10 Å². The molecule has 0 aromatic heterocycles. The number of hydrogen-bond acceptors (Lipinski definition) is 5. The number of carbonyl (C=O) groups is 2. The lowest BCUT2D eigenvalue weighted by Gasteiger charge is -2.35. The van der Waals surface area contributed by atoms with Crippen molar-refractivity contribution in [2.45, 2.75) is 19.2 Å². The van der Waals surface area contributed by atoms with Gasteiger partial charge < -0.3 is 15.0 Å². The van der Waals surface area contributed by atoms with E-state index in [9.17, 15) is 18.0 Å². The molecule has 0 saturated carbocycles. The van der Waals surface area contributed by atoms with Gasteiger partial charge in [-0.3, -0.25) is 9.59 Å². The highest BCUT2D eigenvalue weighted by molar-refractivity contribution is 7.88. The molecule has 0 unspecified atom stereocenters. The monoisotopic (exact) mass is 527 g/mol. The fourth-order valence-corrected chi connectivity index (χ4v) is 4.68. The van der Waals surface area contributed by atoms with Crippen molar-refractivity contribution in [1.29, 1.82) is 0 Å². The molecule has 3 aromatic carbocycles. The minimum absolute atomic E-state index is 0.00865. The molecule has 0 aliphatic carbocycles. The number of fused-ring (bicyclic) bond motifs is 1. The molecule has 2 amide bonds. The lowest BCUT2D eigenvalue weighted by atomic mass is 10.1. The summed E-state index contributed by atoms with van der Waals surface area (Å²) < 4.78 is 32.0. The lowest BCUT2D eigenvalue weighted by molar-refractivity contribution is -0.128. The van der Waals surface area contributed by atoms with Crippen molar-refractivity contribution >= 4 is 39.1 Å².